The summed E-state index contributed by atoms with van der Waals surface area (Å²) in [5.74, 6) is 1.89. The number of nitrogens with one attached hydrogen (secondary N) is 1. The summed E-state index contributed by atoms with van der Waals surface area (Å²) in [6.45, 7) is 3.22. The van der Waals surface area contributed by atoms with Crippen molar-refractivity contribution >= 4 is 0 Å². The maximum atomic E-state index is 10.0. The molecule has 1 fully saturated rings. The highest BCUT2D eigenvalue weighted by Crippen LogP contribution is 2.32. The molecule has 1 aromatic carbocycles. The summed E-state index contributed by atoms with van der Waals surface area (Å²) in [5, 5.41) is 22.8. The summed E-state index contributed by atoms with van der Waals surface area (Å²) < 4.78 is 5.09. The third kappa shape index (κ3) is 3.44. The van der Waals surface area contributed by atoms with Crippen molar-refractivity contribution in [3.8, 4) is 11.5 Å². The molecule has 4 nitrogen and oxygen atoms in total. The lowest BCUT2D eigenvalue weighted by Crippen LogP contribution is -2.28. The monoisotopic (exact) mass is 279 g/mol. The normalized spacial score (nSPS) is 23.8. The number of ether oxygens (including phenoxy) is 1. The highest BCUT2D eigenvalue weighted by atomic mass is 16.5. The third-order valence-corrected chi connectivity index (χ3v) is 4.44. The number of aliphatic hydroxyl groups excluding tert-OH is 1. The van der Waals surface area contributed by atoms with Crippen LogP contribution in [0.3, 0.4) is 0 Å². The second-order valence-corrected chi connectivity index (χ2v) is 5.69. The van der Waals surface area contributed by atoms with E-state index in [4.69, 9.17) is 4.74 Å². The highest BCUT2D eigenvalue weighted by molar-refractivity contribution is 5.41. The van der Waals surface area contributed by atoms with Crippen LogP contribution in [-0.4, -0.2) is 30.5 Å². The lowest BCUT2D eigenvalue weighted by molar-refractivity contribution is 0.190. The van der Waals surface area contributed by atoms with Crippen molar-refractivity contribution in [3.63, 3.8) is 0 Å². The average Bonchev–Trinajstić information content (AvgIpc) is 2.92. The highest BCUT2D eigenvalue weighted by Gasteiger charge is 2.26. The van der Waals surface area contributed by atoms with Crippen molar-refractivity contribution in [1.82, 2.24) is 5.32 Å². The number of rotatable bonds is 6. The van der Waals surface area contributed by atoms with Gasteiger partial charge in [-0.2, -0.15) is 0 Å². The van der Waals surface area contributed by atoms with Gasteiger partial charge in [0.15, 0.2) is 0 Å². The van der Waals surface area contributed by atoms with Crippen molar-refractivity contribution in [2.45, 2.75) is 32.2 Å². The molecule has 0 bridgehead atoms. The van der Waals surface area contributed by atoms with Crippen LogP contribution in [0, 0.1) is 11.8 Å². The molecule has 20 heavy (non-hydrogen) atoms. The van der Waals surface area contributed by atoms with Crippen molar-refractivity contribution in [2.75, 3.05) is 20.3 Å². The standard InChI is InChI=1S/C16H25NO3/c1-11(15-7-6-14(20-2)8-16(15)19)17-9-12-4-3-5-13(12)10-18/h6-8,11-13,17-19H,3-5,9-10H2,1-2H3. The Morgan fingerprint density at radius 1 is 1.35 bits per heavy atom. The SMILES string of the molecule is COc1ccc(C(C)NCC2CCCC2CO)c(O)c1. The Morgan fingerprint density at radius 3 is 2.75 bits per heavy atom. The summed E-state index contributed by atoms with van der Waals surface area (Å²) >= 11 is 0. The molecule has 0 amide bonds. The second-order valence-electron chi connectivity index (χ2n) is 5.69. The van der Waals surface area contributed by atoms with Crippen LogP contribution in [0.5, 0.6) is 11.5 Å². The largest absolute Gasteiger partial charge is 0.507 e. The van der Waals surface area contributed by atoms with Gasteiger partial charge >= 0.3 is 0 Å². The minimum absolute atomic E-state index is 0.0841. The van der Waals surface area contributed by atoms with Gasteiger partial charge in [-0.25, -0.2) is 0 Å². The minimum atomic E-state index is 0.0841. The Bertz CT molecular complexity index is 436. The first-order valence-electron chi connectivity index (χ1n) is 7.36. The molecule has 0 aromatic heterocycles. The number of hydrogen-bond donors (Lipinski definition) is 3. The second kappa shape index (κ2) is 6.95. The molecule has 0 saturated heterocycles. The zero-order chi connectivity index (χ0) is 14.5. The van der Waals surface area contributed by atoms with Gasteiger partial charge in [0.25, 0.3) is 0 Å². The Kier molecular flexibility index (Phi) is 5.26. The lowest BCUT2D eigenvalue weighted by atomic mass is 9.96. The van der Waals surface area contributed by atoms with Gasteiger partial charge in [-0.05, 0) is 44.2 Å². The molecule has 4 heteroatoms. The minimum Gasteiger partial charge on any atom is -0.507 e. The molecule has 3 N–H and O–H groups in total. The summed E-state index contributed by atoms with van der Waals surface area (Å²) in [6, 6.07) is 5.48. The van der Waals surface area contributed by atoms with E-state index in [0.29, 0.717) is 17.6 Å². The van der Waals surface area contributed by atoms with Crippen molar-refractivity contribution in [1.29, 1.82) is 0 Å². The van der Waals surface area contributed by atoms with Crippen LogP contribution in [-0.2, 0) is 0 Å². The number of methoxy groups -OCH3 is 1. The number of aliphatic hydroxyl groups is 1. The van der Waals surface area contributed by atoms with Gasteiger partial charge in [-0.3, -0.25) is 0 Å². The first-order valence-corrected chi connectivity index (χ1v) is 7.36. The first kappa shape index (κ1) is 15.1. The summed E-state index contributed by atoms with van der Waals surface area (Å²) in [5.41, 5.74) is 0.879. The van der Waals surface area contributed by atoms with Crippen LogP contribution in [0.1, 0.15) is 37.8 Å². The Hall–Kier alpha value is -1.26. The summed E-state index contributed by atoms with van der Waals surface area (Å²) in [4.78, 5) is 0. The fourth-order valence-electron chi connectivity index (χ4n) is 3.08. The van der Waals surface area contributed by atoms with Gasteiger partial charge in [-0.1, -0.05) is 12.5 Å². The molecule has 3 unspecified atom stereocenters. The Balaban J connectivity index is 1.93. The van der Waals surface area contributed by atoms with Gasteiger partial charge in [0.1, 0.15) is 11.5 Å². The van der Waals surface area contributed by atoms with E-state index < -0.39 is 0 Å². The number of phenols is 1. The fourth-order valence-corrected chi connectivity index (χ4v) is 3.08. The van der Waals surface area contributed by atoms with Gasteiger partial charge in [0.2, 0.25) is 0 Å². The molecule has 112 valence electrons. The zero-order valence-electron chi connectivity index (χ0n) is 12.3. The van der Waals surface area contributed by atoms with Crippen LogP contribution < -0.4 is 10.1 Å². The van der Waals surface area contributed by atoms with Gasteiger partial charge in [0, 0.05) is 24.3 Å². The predicted octanol–water partition coefficient (Wildman–Crippen LogP) is 2.46. The van der Waals surface area contributed by atoms with Crippen LogP contribution in [0.2, 0.25) is 0 Å². The topological polar surface area (TPSA) is 61.7 Å². The molecule has 0 spiro atoms. The molecule has 1 saturated carbocycles. The van der Waals surface area contributed by atoms with E-state index in [1.54, 1.807) is 13.2 Å². The lowest BCUT2D eigenvalue weighted by Gasteiger charge is -2.22. The molecule has 1 aliphatic rings. The maximum absolute atomic E-state index is 10.0. The molecular formula is C16H25NO3. The number of phenolic OH excluding ortho intramolecular Hbond substituents is 1. The molecule has 1 aliphatic carbocycles. The van der Waals surface area contributed by atoms with E-state index in [1.807, 2.05) is 19.1 Å². The van der Waals surface area contributed by atoms with Crippen molar-refractivity contribution < 1.29 is 14.9 Å². The molecule has 0 radical (unpaired) electrons. The predicted molar refractivity (Wildman–Crippen MR) is 79.0 cm³/mol. The van der Waals surface area contributed by atoms with Gasteiger partial charge in [-0.15, -0.1) is 0 Å². The molecule has 0 aliphatic heterocycles. The quantitative estimate of drug-likeness (QED) is 0.748. The maximum Gasteiger partial charge on any atom is 0.124 e. The van der Waals surface area contributed by atoms with E-state index in [1.165, 1.54) is 12.8 Å². The van der Waals surface area contributed by atoms with Crippen molar-refractivity contribution in [2.24, 2.45) is 11.8 Å². The number of aromatic hydroxyl groups is 1. The molecule has 2 rings (SSSR count). The molecule has 1 aromatic rings. The average molecular weight is 279 g/mol. The Labute approximate surface area is 120 Å². The molecule has 0 heterocycles. The van der Waals surface area contributed by atoms with Crippen LogP contribution in [0.25, 0.3) is 0 Å². The summed E-state index contributed by atoms with van der Waals surface area (Å²) in [6.07, 6.45) is 3.52. The fraction of sp³-hybridized carbons (Fsp3) is 0.625. The summed E-state index contributed by atoms with van der Waals surface area (Å²) in [7, 11) is 1.59. The Morgan fingerprint density at radius 2 is 2.10 bits per heavy atom. The van der Waals surface area contributed by atoms with E-state index in [0.717, 1.165) is 18.5 Å². The first-order chi connectivity index (χ1) is 9.65. The van der Waals surface area contributed by atoms with E-state index in [-0.39, 0.29) is 18.4 Å². The molecular weight excluding hydrogens is 254 g/mol. The van der Waals surface area contributed by atoms with Crippen LogP contribution in [0.4, 0.5) is 0 Å². The van der Waals surface area contributed by atoms with E-state index >= 15 is 0 Å². The van der Waals surface area contributed by atoms with Crippen LogP contribution >= 0.6 is 0 Å². The van der Waals surface area contributed by atoms with Crippen molar-refractivity contribution in [3.05, 3.63) is 23.8 Å². The van der Waals surface area contributed by atoms with E-state index in [9.17, 15) is 10.2 Å². The number of hydrogen-bond acceptors (Lipinski definition) is 4. The smallest absolute Gasteiger partial charge is 0.124 e. The number of benzene rings is 1. The van der Waals surface area contributed by atoms with Gasteiger partial charge in [0.05, 0.1) is 7.11 Å². The van der Waals surface area contributed by atoms with Crippen LogP contribution in [0.15, 0.2) is 18.2 Å². The molecule has 3 atom stereocenters. The zero-order valence-corrected chi connectivity index (χ0v) is 12.3. The van der Waals surface area contributed by atoms with Gasteiger partial charge < -0.3 is 20.3 Å². The van der Waals surface area contributed by atoms with E-state index in [2.05, 4.69) is 5.32 Å². The third-order valence-electron chi connectivity index (χ3n) is 4.44.